The van der Waals surface area contributed by atoms with E-state index in [0.29, 0.717) is 5.92 Å². The van der Waals surface area contributed by atoms with Crippen molar-refractivity contribution in [3.63, 3.8) is 0 Å². The van der Waals surface area contributed by atoms with Gasteiger partial charge in [-0.2, -0.15) is 0 Å². The third-order valence-electron chi connectivity index (χ3n) is 5.28. The first-order valence-corrected chi connectivity index (χ1v) is 9.18. The molecular weight excluding hydrogens is 310 g/mol. The van der Waals surface area contributed by atoms with Crippen LogP contribution in [-0.4, -0.2) is 29.1 Å². The molecule has 3 nitrogen and oxygen atoms in total. The Kier molecular flexibility index (Phi) is 5.54. The molecule has 0 radical (unpaired) electrons. The molecule has 3 heteroatoms. The summed E-state index contributed by atoms with van der Waals surface area (Å²) in [6, 6.07) is 19.6. The average molecular weight is 337 g/mol. The van der Waals surface area contributed by atoms with Crippen LogP contribution in [0.3, 0.4) is 0 Å². The SMILES string of the molecule is CC(C)c1ccc(C(c2ccccc2)N2CCC(C(=O)O)CC2)cc1. The van der Waals surface area contributed by atoms with Gasteiger partial charge in [0.25, 0.3) is 0 Å². The lowest BCUT2D eigenvalue weighted by molar-refractivity contribution is -0.143. The number of nitrogens with zero attached hydrogens (tertiary/aromatic N) is 1. The molecule has 1 heterocycles. The molecule has 0 aromatic heterocycles. The van der Waals surface area contributed by atoms with Crippen LogP contribution in [0.4, 0.5) is 0 Å². The van der Waals surface area contributed by atoms with E-state index in [4.69, 9.17) is 0 Å². The Morgan fingerprint density at radius 1 is 0.920 bits per heavy atom. The van der Waals surface area contributed by atoms with E-state index in [2.05, 4.69) is 67.3 Å². The van der Waals surface area contributed by atoms with Crippen LogP contribution in [0.15, 0.2) is 54.6 Å². The van der Waals surface area contributed by atoms with E-state index in [0.717, 1.165) is 25.9 Å². The number of rotatable bonds is 5. The Bertz CT molecular complexity index is 686. The molecule has 25 heavy (non-hydrogen) atoms. The van der Waals surface area contributed by atoms with Gasteiger partial charge in [0.1, 0.15) is 0 Å². The first-order valence-electron chi connectivity index (χ1n) is 9.18. The quantitative estimate of drug-likeness (QED) is 0.860. The second-order valence-corrected chi connectivity index (χ2v) is 7.28. The van der Waals surface area contributed by atoms with Gasteiger partial charge in [-0.25, -0.2) is 0 Å². The number of carboxylic acids is 1. The zero-order chi connectivity index (χ0) is 17.8. The summed E-state index contributed by atoms with van der Waals surface area (Å²) in [5.74, 6) is -0.330. The molecule has 132 valence electrons. The lowest BCUT2D eigenvalue weighted by Gasteiger charge is -2.37. The number of likely N-dealkylation sites (tertiary alicyclic amines) is 1. The molecule has 2 aromatic rings. The van der Waals surface area contributed by atoms with Crippen molar-refractivity contribution in [3.05, 3.63) is 71.3 Å². The molecule has 0 saturated carbocycles. The third-order valence-corrected chi connectivity index (χ3v) is 5.28. The maximum Gasteiger partial charge on any atom is 0.306 e. The predicted octanol–water partition coefficient (Wildman–Crippen LogP) is 4.70. The molecule has 1 aliphatic heterocycles. The number of hydrogen-bond donors (Lipinski definition) is 1. The second-order valence-electron chi connectivity index (χ2n) is 7.28. The lowest BCUT2D eigenvalue weighted by Crippen LogP contribution is -2.39. The fourth-order valence-corrected chi connectivity index (χ4v) is 3.72. The van der Waals surface area contributed by atoms with E-state index in [1.807, 2.05) is 6.07 Å². The van der Waals surface area contributed by atoms with Crippen LogP contribution in [0.1, 0.15) is 55.3 Å². The third kappa shape index (κ3) is 4.10. The molecule has 1 atom stereocenters. The highest BCUT2D eigenvalue weighted by molar-refractivity contribution is 5.70. The number of benzene rings is 2. The van der Waals surface area contributed by atoms with Gasteiger partial charge in [0.05, 0.1) is 12.0 Å². The molecule has 1 aliphatic rings. The van der Waals surface area contributed by atoms with Gasteiger partial charge >= 0.3 is 5.97 Å². The van der Waals surface area contributed by atoms with Crippen molar-refractivity contribution in [3.8, 4) is 0 Å². The van der Waals surface area contributed by atoms with Crippen molar-refractivity contribution >= 4 is 5.97 Å². The van der Waals surface area contributed by atoms with E-state index < -0.39 is 5.97 Å². The Hall–Kier alpha value is -2.13. The highest BCUT2D eigenvalue weighted by Crippen LogP contribution is 2.33. The van der Waals surface area contributed by atoms with Crippen LogP contribution >= 0.6 is 0 Å². The smallest absolute Gasteiger partial charge is 0.306 e. The number of piperidine rings is 1. The highest BCUT2D eigenvalue weighted by atomic mass is 16.4. The second kappa shape index (κ2) is 7.83. The normalized spacial score (nSPS) is 17.6. The number of hydrogen-bond acceptors (Lipinski definition) is 2. The maximum absolute atomic E-state index is 11.3. The molecular formula is C22H27NO2. The summed E-state index contributed by atoms with van der Waals surface area (Å²) >= 11 is 0. The Labute approximate surface area is 150 Å². The first-order chi connectivity index (χ1) is 12.1. The molecule has 0 amide bonds. The van der Waals surface area contributed by atoms with Crippen LogP contribution in [0.25, 0.3) is 0 Å². The lowest BCUT2D eigenvalue weighted by atomic mass is 9.90. The zero-order valence-electron chi connectivity index (χ0n) is 15.1. The van der Waals surface area contributed by atoms with E-state index in [1.54, 1.807) is 0 Å². The average Bonchev–Trinajstić information content (AvgIpc) is 2.64. The molecule has 1 fully saturated rings. The molecule has 1 N–H and O–H groups in total. The molecule has 2 aromatic carbocycles. The topological polar surface area (TPSA) is 40.5 Å². The van der Waals surface area contributed by atoms with Gasteiger partial charge < -0.3 is 5.11 Å². The van der Waals surface area contributed by atoms with Crippen molar-refractivity contribution in [1.29, 1.82) is 0 Å². The molecule has 0 spiro atoms. The largest absolute Gasteiger partial charge is 0.481 e. The Morgan fingerprint density at radius 2 is 1.44 bits per heavy atom. The van der Waals surface area contributed by atoms with Gasteiger partial charge in [0, 0.05) is 0 Å². The fraction of sp³-hybridized carbons (Fsp3) is 0.409. The van der Waals surface area contributed by atoms with Gasteiger partial charge in [-0.3, -0.25) is 9.69 Å². The van der Waals surface area contributed by atoms with E-state index >= 15 is 0 Å². The van der Waals surface area contributed by atoms with Crippen molar-refractivity contribution in [2.45, 2.75) is 38.6 Å². The maximum atomic E-state index is 11.3. The fourth-order valence-electron chi connectivity index (χ4n) is 3.72. The summed E-state index contributed by atoms with van der Waals surface area (Å²) in [5, 5.41) is 9.26. The Balaban J connectivity index is 1.87. The predicted molar refractivity (Wildman–Crippen MR) is 101 cm³/mol. The minimum atomic E-state index is -0.655. The molecule has 1 unspecified atom stereocenters. The van der Waals surface area contributed by atoms with Crippen molar-refractivity contribution < 1.29 is 9.90 Å². The number of aliphatic carboxylic acids is 1. The Morgan fingerprint density at radius 3 is 1.96 bits per heavy atom. The van der Waals surface area contributed by atoms with Crippen LogP contribution < -0.4 is 0 Å². The first kappa shape index (κ1) is 17.7. The van der Waals surface area contributed by atoms with Crippen molar-refractivity contribution in [1.82, 2.24) is 4.90 Å². The summed E-state index contributed by atoms with van der Waals surface area (Å²) in [6.45, 7) is 6.06. The molecule has 0 bridgehead atoms. The van der Waals surface area contributed by atoms with Gasteiger partial charge in [0.15, 0.2) is 0 Å². The van der Waals surface area contributed by atoms with Gasteiger partial charge in [0.2, 0.25) is 0 Å². The summed E-state index contributed by atoms with van der Waals surface area (Å²) in [5.41, 5.74) is 3.90. The van der Waals surface area contributed by atoms with Crippen LogP contribution in [0.2, 0.25) is 0 Å². The van der Waals surface area contributed by atoms with E-state index in [9.17, 15) is 9.90 Å². The summed E-state index contributed by atoms with van der Waals surface area (Å²) in [6.07, 6.45) is 1.45. The van der Waals surface area contributed by atoms with E-state index in [1.165, 1.54) is 16.7 Å². The standard InChI is InChI=1S/C22H27NO2/c1-16(2)17-8-10-19(11-9-17)21(18-6-4-3-5-7-18)23-14-12-20(13-15-23)22(24)25/h3-11,16,20-21H,12-15H2,1-2H3,(H,24,25). The van der Waals surface area contributed by atoms with Crippen LogP contribution in [-0.2, 0) is 4.79 Å². The molecule has 3 rings (SSSR count). The van der Waals surface area contributed by atoms with Crippen LogP contribution in [0, 0.1) is 5.92 Å². The van der Waals surface area contributed by atoms with Crippen molar-refractivity contribution in [2.24, 2.45) is 5.92 Å². The van der Waals surface area contributed by atoms with Gasteiger partial charge in [-0.1, -0.05) is 68.4 Å². The minimum absolute atomic E-state index is 0.192. The highest BCUT2D eigenvalue weighted by Gasteiger charge is 2.30. The summed E-state index contributed by atoms with van der Waals surface area (Å²) in [7, 11) is 0. The molecule has 1 saturated heterocycles. The van der Waals surface area contributed by atoms with Crippen LogP contribution in [0.5, 0.6) is 0 Å². The van der Waals surface area contributed by atoms with E-state index in [-0.39, 0.29) is 12.0 Å². The number of carbonyl (C=O) groups is 1. The number of carboxylic acid groups (broad SMARTS) is 1. The minimum Gasteiger partial charge on any atom is -0.481 e. The zero-order valence-corrected chi connectivity index (χ0v) is 15.1. The monoisotopic (exact) mass is 337 g/mol. The summed E-state index contributed by atoms with van der Waals surface area (Å²) in [4.78, 5) is 13.7. The van der Waals surface area contributed by atoms with Gasteiger partial charge in [-0.15, -0.1) is 0 Å². The summed E-state index contributed by atoms with van der Waals surface area (Å²) < 4.78 is 0. The van der Waals surface area contributed by atoms with Crippen molar-refractivity contribution in [2.75, 3.05) is 13.1 Å². The molecule has 0 aliphatic carbocycles. The van der Waals surface area contributed by atoms with Gasteiger partial charge in [-0.05, 0) is 48.5 Å².